The van der Waals surface area contributed by atoms with E-state index in [-0.39, 0.29) is 0 Å². The minimum absolute atomic E-state index is 0.443. The van der Waals surface area contributed by atoms with Crippen molar-refractivity contribution in [1.82, 2.24) is 5.32 Å². The molecule has 2 heterocycles. The molecule has 8 aromatic carbocycles. The predicted octanol–water partition coefficient (Wildman–Crippen LogP) is 11.7. The highest BCUT2D eigenvalue weighted by atomic mass is 16.3. The van der Waals surface area contributed by atoms with Crippen LogP contribution in [0.5, 0.6) is 0 Å². The number of hydrogen-bond donors (Lipinski definition) is 1. The lowest BCUT2D eigenvalue weighted by Gasteiger charge is -2.23. The van der Waals surface area contributed by atoms with E-state index >= 15 is 0 Å². The third-order valence-corrected chi connectivity index (χ3v) is 9.95. The van der Waals surface area contributed by atoms with Crippen LogP contribution in [-0.4, -0.2) is 11.7 Å². The molecule has 1 aromatic heterocycles. The molecule has 0 bridgehead atoms. The van der Waals surface area contributed by atoms with Gasteiger partial charge in [0.05, 0.1) is 0 Å². The fourth-order valence-electron chi connectivity index (χ4n) is 7.46. The average molecular weight is 654 g/mol. The van der Waals surface area contributed by atoms with E-state index in [1.165, 1.54) is 16.3 Å². The van der Waals surface area contributed by atoms with Crippen LogP contribution in [0.15, 0.2) is 190 Å². The first-order chi connectivity index (χ1) is 25.3. The Morgan fingerprint density at radius 2 is 1.02 bits per heavy atom. The normalized spacial score (nSPS) is 14.5. The van der Waals surface area contributed by atoms with Gasteiger partial charge in [0.1, 0.15) is 22.8 Å². The third kappa shape index (κ3) is 5.08. The van der Waals surface area contributed by atoms with Gasteiger partial charge >= 0.3 is 0 Å². The average Bonchev–Trinajstić information content (AvgIpc) is 3.60. The van der Waals surface area contributed by atoms with Crippen LogP contribution in [0, 0.1) is 0 Å². The third-order valence-electron chi connectivity index (χ3n) is 9.95. The summed E-state index contributed by atoms with van der Waals surface area (Å²) in [4.78, 5) is 10.5. The molecule has 4 heteroatoms. The maximum Gasteiger partial charge on any atom is 0.170 e. The molecule has 1 aliphatic rings. The Kier molecular flexibility index (Phi) is 6.85. The summed E-state index contributed by atoms with van der Waals surface area (Å²) in [6.07, 6.45) is -0.443. The van der Waals surface area contributed by atoms with Crippen molar-refractivity contribution in [2.24, 2.45) is 9.98 Å². The molecule has 4 nitrogen and oxygen atoms in total. The van der Waals surface area contributed by atoms with Crippen LogP contribution >= 0.6 is 0 Å². The number of para-hydroxylation sites is 1. The number of nitrogens with one attached hydrogen (secondary N) is 1. The molecule has 9 aromatic rings. The Balaban J connectivity index is 1.09. The first-order valence-electron chi connectivity index (χ1n) is 17.3. The minimum Gasteiger partial charge on any atom is -0.456 e. The highest BCUT2D eigenvalue weighted by Crippen LogP contribution is 2.41. The quantitative estimate of drug-likeness (QED) is 0.201. The molecule has 0 saturated carbocycles. The molecule has 0 spiro atoms. The predicted molar refractivity (Wildman–Crippen MR) is 211 cm³/mol. The number of benzene rings is 8. The lowest BCUT2D eigenvalue weighted by molar-refractivity contribution is 0.669. The van der Waals surface area contributed by atoms with E-state index in [0.29, 0.717) is 0 Å². The summed E-state index contributed by atoms with van der Waals surface area (Å²) in [6, 6.07) is 61.7. The topological polar surface area (TPSA) is 49.9 Å². The van der Waals surface area contributed by atoms with Crippen LogP contribution in [0.4, 0.5) is 0 Å². The molecular formula is C47H31N3O. The number of nitrogens with zero attached hydrogens (tertiary/aromatic N) is 2. The molecule has 0 saturated heterocycles. The Bertz CT molecular complexity index is 2830. The molecule has 0 radical (unpaired) electrons. The summed E-state index contributed by atoms with van der Waals surface area (Å²) < 4.78 is 6.26. The summed E-state index contributed by atoms with van der Waals surface area (Å²) in [7, 11) is 0. The zero-order valence-electron chi connectivity index (χ0n) is 27.6. The molecule has 0 fully saturated rings. The summed E-state index contributed by atoms with van der Waals surface area (Å²) in [5, 5.41) is 10.6. The van der Waals surface area contributed by atoms with Gasteiger partial charge in [0.25, 0.3) is 0 Å². The van der Waals surface area contributed by atoms with E-state index in [1.54, 1.807) is 0 Å². The van der Waals surface area contributed by atoms with Gasteiger partial charge in [0.15, 0.2) is 6.17 Å². The van der Waals surface area contributed by atoms with E-state index in [9.17, 15) is 0 Å². The maximum absolute atomic E-state index is 6.26. The van der Waals surface area contributed by atoms with E-state index in [4.69, 9.17) is 14.4 Å². The van der Waals surface area contributed by atoms with E-state index in [0.717, 1.165) is 77.8 Å². The summed E-state index contributed by atoms with van der Waals surface area (Å²) in [5.41, 5.74) is 9.51. The molecule has 51 heavy (non-hydrogen) atoms. The van der Waals surface area contributed by atoms with Gasteiger partial charge in [-0.2, -0.15) is 0 Å². The van der Waals surface area contributed by atoms with Gasteiger partial charge in [-0.1, -0.05) is 158 Å². The maximum atomic E-state index is 6.26. The fraction of sp³-hybridized carbons (Fsp3) is 0.0213. The highest BCUT2D eigenvalue weighted by molar-refractivity contribution is 6.17. The number of hydrogen-bond acceptors (Lipinski definition) is 4. The standard InChI is InChI=1S/C47H31N3O/c1-2-12-32(13-3-1)45-48-46(33-26-23-31(24-27-33)35-28-25-30-11-4-5-14-34(30)29-35)50-47(49-45)40-20-9-16-36-37(17-8-18-38(36)40)39-19-10-22-43-44(39)41-15-6-7-21-42(41)51-43/h1-29,47H,(H,48,49,50). The molecule has 0 aliphatic carbocycles. The van der Waals surface area contributed by atoms with Crippen LogP contribution in [0.25, 0.3) is 65.7 Å². The minimum atomic E-state index is -0.443. The van der Waals surface area contributed by atoms with Crippen LogP contribution in [-0.2, 0) is 0 Å². The summed E-state index contributed by atoms with van der Waals surface area (Å²) in [6.45, 7) is 0. The van der Waals surface area contributed by atoms with Crippen molar-refractivity contribution in [1.29, 1.82) is 0 Å². The van der Waals surface area contributed by atoms with Gasteiger partial charge in [0, 0.05) is 27.5 Å². The Morgan fingerprint density at radius 3 is 1.88 bits per heavy atom. The molecule has 1 atom stereocenters. The van der Waals surface area contributed by atoms with E-state index in [1.807, 2.05) is 30.3 Å². The zero-order chi connectivity index (χ0) is 33.7. The van der Waals surface area contributed by atoms with E-state index in [2.05, 4.69) is 151 Å². The van der Waals surface area contributed by atoms with Crippen molar-refractivity contribution in [3.63, 3.8) is 0 Å². The largest absolute Gasteiger partial charge is 0.456 e. The summed E-state index contributed by atoms with van der Waals surface area (Å²) in [5.74, 6) is 1.59. The molecule has 0 amide bonds. The SMILES string of the molecule is c1ccc(C2=NC(c3cccc4c(-c5cccc6oc7ccccc7c56)cccc34)N=C(c3ccc(-c4ccc5ccccc5c4)cc3)N2)cc1. The van der Waals surface area contributed by atoms with Gasteiger partial charge in [-0.3, -0.25) is 0 Å². The van der Waals surface area contributed by atoms with Crippen LogP contribution < -0.4 is 5.32 Å². The van der Waals surface area contributed by atoms with Crippen LogP contribution in [0.3, 0.4) is 0 Å². The van der Waals surface area contributed by atoms with E-state index < -0.39 is 6.17 Å². The van der Waals surface area contributed by atoms with Crippen molar-refractivity contribution in [2.45, 2.75) is 6.17 Å². The highest BCUT2D eigenvalue weighted by Gasteiger charge is 2.23. The van der Waals surface area contributed by atoms with Gasteiger partial charge in [-0.15, -0.1) is 0 Å². The second-order valence-electron chi connectivity index (χ2n) is 13.0. The number of fused-ring (bicyclic) bond motifs is 5. The monoisotopic (exact) mass is 653 g/mol. The first kappa shape index (κ1) is 29.2. The van der Waals surface area contributed by atoms with Crippen molar-refractivity contribution in [2.75, 3.05) is 0 Å². The fourth-order valence-corrected chi connectivity index (χ4v) is 7.46. The number of aliphatic imine (C=N–C) groups is 2. The van der Waals surface area contributed by atoms with Gasteiger partial charge in [-0.25, -0.2) is 9.98 Å². The first-order valence-corrected chi connectivity index (χ1v) is 17.3. The second kappa shape index (κ2) is 12.0. The Labute approximate surface area is 295 Å². The molecule has 10 rings (SSSR count). The van der Waals surface area contributed by atoms with Crippen LogP contribution in [0.1, 0.15) is 22.9 Å². The zero-order valence-corrected chi connectivity index (χ0v) is 27.6. The molecule has 1 N–H and O–H groups in total. The number of rotatable bonds is 5. The van der Waals surface area contributed by atoms with Gasteiger partial charge in [0.2, 0.25) is 0 Å². The molecule has 240 valence electrons. The van der Waals surface area contributed by atoms with Crippen molar-refractivity contribution >= 4 is 55.2 Å². The lowest BCUT2D eigenvalue weighted by atomic mass is 9.92. The van der Waals surface area contributed by atoms with Gasteiger partial charge < -0.3 is 9.73 Å². The van der Waals surface area contributed by atoms with Crippen molar-refractivity contribution in [3.8, 4) is 22.3 Å². The summed E-state index contributed by atoms with van der Waals surface area (Å²) >= 11 is 0. The Hall–Kier alpha value is -6.78. The van der Waals surface area contributed by atoms with Crippen molar-refractivity contribution in [3.05, 3.63) is 193 Å². The second-order valence-corrected chi connectivity index (χ2v) is 13.0. The molecule has 1 aliphatic heterocycles. The Morgan fingerprint density at radius 1 is 0.412 bits per heavy atom. The lowest BCUT2D eigenvalue weighted by Crippen LogP contribution is -2.36. The van der Waals surface area contributed by atoms with Gasteiger partial charge in [-0.05, 0) is 62.0 Å². The van der Waals surface area contributed by atoms with Crippen LogP contribution in [0.2, 0.25) is 0 Å². The van der Waals surface area contributed by atoms with Crippen molar-refractivity contribution < 1.29 is 4.42 Å². The smallest absolute Gasteiger partial charge is 0.170 e. The molecule has 1 unspecified atom stereocenters. The number of furan rings is 1. The molecular weight excluding hydrogens is 623 g/mol. The number of amidine groups is 2.